The van der Waals surface area contributed by atoms with E-state index >= 15 is 0 Å². The summed E-state index contributed by atoms with van der Waals surface area (Å²) in [6, 6.07) is 4.34. The number of nitrogens with one attached hydrogen (secondary N) is 2. The van der Waals surface area contributed by atoms with Crippen LogP contribution in [0, 0.1) is 11.7 Å². The van der Waals surface area contributed by atoms with Gasteiger partial charge in [-0.25, -0.2) is 9.07 Å². The minimum absolute atomic E-state index is 0.130. The molecule has 7 nitrogen and oxygen atoms in total. The lowest BCUT2D eigenvalue weighted by molar-refractivity contribution is -0.120. The normalized spacial score (nSPS) is 18.4. The van der Waals surface area contributed by atoms with Crippen LogP contribution in [-0.2, 0) is 4.79 Å². The number of tetrazole rings is 1. The molecule has 0 unspecified atom stereocenters. The molecule has 1 fully saturated rings. The second kappa shape index (κ2) is 5.96. The largest absolute Gasteiger partial charge is 0.323 e. The van der Waals surface area contributed by atoms with Gasteiger partial charge in [0.2, 0.25) is 5.91 Å². The van der Waals surface area contributed by atoms with Gasteiger partial charge in [-0.15, -0.1) is 5.10 Å². The van der Waals surface area contributed by atoms with Crippen LogP contribution in [0.25, 0.3) is 5.69 Å². The highest BCUT2D eigenvalue weighted by atomic mass is 19.1. The van der Waals surface area contributed by atoms with Crippen molar-refractivity contribution in [2.75, 3.05) is 18.4 Å². The quantitative estimate of drug-likeness (QED) is 0.871. The Morgan fingerprint density at radius 1 is 1.48 bits per heavy atom. The summed E-state index contributed by atoms with van der Waals surface area (Å²) in [5.74, 6) is -0.784. The third kappa shape index (κ3) is 3.05. The third-order valence-electron chi connectivity index (χ3n) is 3.49. The van der Waals surface area contributed by atoms with Gasteiger partial charge < -0.3 is 10.6 Å². The molecule has 1 aliphatic rings. The van der Waals surface area contributed by atoms with Gasteiger partial charge in [-0.3, -0.25) is 4.79 Å². The molecule has 3 rings (SSSR count). The highest BCUT2D eigenvalue weighted by Crippen LogP contribution is 2.20. The maximum atomic E-state index is 13.8. The maximum Gasteiger partial charge on any atom is 0.228 e. The van der Waals surface area contributed by atoms with Crippen molar-refractivity contribution in [1.82, 2.24) is 25.5 Å². The Balaban J connectivity index is 1.78. The Bertz CT molecular complexity index is 624. The molecule has 0 radical (unpaired) electrons. The first kappa shape index (κ1) is 13.6. The Morgan fingerprint density at radius 3 is 3.10 bits per heavy atom. The molecule has 21 heavy (non-hydrogen) atoms. The van der Waals surface area contributed by atoms with Crippen LogP contribution in [0.2, 0.25) is 0 Å². The number of hydrogen-bond donors (Lipinski definition) is 2. The topological polar surface area (TPSA) is 84.7 Å². The van der Waals surface area contributed by atoms with Crippen LogP contribution in [0.4, 0.5) is 10.1 Å². The number of benzene rings is 1. The highest BCUT2D eigenvalue weighted by molar-refractivity contribution is 5.93. The lowest BCUT2D eigenvalue weighted by Crippen LogP contribution is -2.37. The summed E-state index contributed by atoms with van der Waals surface area (Å²) in [6.45, 7) is 1.55. The number of amides is 1. The van der Waals surface area contributed by atoms with Crippen LogP contribution in [0.3, 0.4) is 0 Å². The minimum atomic E-state index is -0.482. The predicted molar refractivity (Wildman–Crippen MR) is 73.3 cm³/mol. The Morgan fingerprint density at radius 2 is 2.38 bits per heavy atom. The monoisotopic (exact) mass is 290 g/mol. The number of carbonyl (C=O) groups is 1. The van der Waals surface area contributed by atoms with E-state index in [9.17, 15) is 9.18 Å². The Hall–Kier alpha value is -2.35. The summed E-state index contributed by atoms with van der Waals surface area (Å²) in [5.41, 5.74) is 0.719. The van der Waals surface area contributed by atoms with Crippen LogP contribution < -0.4 is 10.6 Å². The molecule has 2 aromatic rings. The zero-order chi connectivity index (χ0) is 14.7. The number of anilines is 1. The average Bonchev–Trinajstić information content (AvgIpc) is 3.04. The summed E-state index contributed by atoms with van der Waals surface area (Å²) >= 11 is 0. The molecule has 0 spiro atoms. The fourth-order valence-electron chi connectivity index (χ4n) is 2.34. The van der Waals surface area contributed by atoms with Crippen molar-refractivity contribution in [3.63, 3.8) is 0 Å². The van der Waals surface area contributed by atoms with E-state index in [2.05, 4.69) is 26.2 Å². The lowest BCUT2D eigenvalue weighted by atomic mass is 9.99. The van der Waals surface area contributed by atoms with Gasteiger partial charge in [-0.2, -0.15) is 0 Å². The third-order valence-corrected chi connectivity index (χ3v) is 3.49. The predicted octanol–water partition coefficient (Wildman–Crippen LogP) is 0.739. The van der Waals surface area contributed by atoms with Crippen molar-refractivity contribution in [3.05, 3.63) is 30.3 Å². The molecule has 2 heterocycles. The molecular weight excluding hydrogens is 275 g/mol. The standard InChI is InChI=1S/C13H15FN6O/c14-11-4-3-10(20-8-16-18-19-20)6-12(11)17-13(21)9-2-1-5-15-7-9/h3-4,6,8-9,15H,1-2,5,7H2,(H,17,21)/t9-/m0/s1. The van der Waals surface area contributed by atoms with E-state index in [1.165, 1.54) is 23.1 Å². The first-order chi connectivity index (χ1) is 10.2. The van der Waals surface area contributed by atoms with Gasteiger partial charge in [0, 0.05) is 6.54 Å². The van der Waals surface area contributed by atoms with E-state index in [1.807, 2.05) is 0 Å². The molecule has 0 saturated carbocycles. The molecule has 1 aromatic heterocycles. The molecule has 1 saturated heterocycles. The fraction of sp³-hybridized carbons (Fsp3) is 0.385. The zero-order valence-electron chi connectivity index (χ0n) is 11.3. The van der Waals surface area contributed by atoms with Crippen molar-refractivity contribution >= 4 is 11.6 Å². The molecule has 110 valence electrons. The van der Waals surface area contributed by atoms with E-state index in [0.717, 1.165) is 19.4 Å². The van der Waals surface area contributed by atoms with Crippen molar-refractivity contribution in [2.24, 2.45) is 5.92 Å². The van der Waals surface area contributed by atoms with Crippen LogP contribution >= 0.6 is 0 Å². The van der Waals surface area contributed by atoms with Crippen molar-refractivity contribution in [1.29, 1.82) is 0 Å². The van der Waals surface area contributed by atoms with E-state index < -0.39 is 5.82 Å². The Labute approximate surface area is 120 Å². The molecule has 2 N–H and O–H groups in total. The Kier molecular flexibility index (Phi) is 3.87. The minimum Gasteiger partial charge on any atom is -0.323 e. The molecular formula is C13H15FN6O. The number of nitrogens with zero attached hydrogens (tertiary/aromatic N) is 4. The van der Waals surface area contributed by atoms with E-state index in [0.29, 0.717) is 12.2 Å². The van der Waals surface area contributed by atoms with E-state index in [-0.39, 0.29) is 17.5 Å². The van der Waals surface area contributed by atoms with Crippen molar-refractivity contribution in [3.8, 4) is 5.69 Å². The molecule has 0 bridgehead atoms. The number of rotatable bonds is 3. The van der Waals surface area contributed by atoms with Crippen LogP contribution in [0.1, 0.15) is 12.8 Å². The van der Waals surface area contributed by atoms with Gasteiger partial charge in [-0.05, 0) is 48.0 Å². The summed E-state index contributed by atoms with van der Waals surface area (Å²) in [4.78, 5) is 12.2. The van der Waals surface area contributed by atoms with Gasteiger partial charge in [-0.1, -0.05) is 0 Å². The van der Waals surface area contributed by atoms with E-state index in [1.54, 1.807) is 6.07 Å². The number of carbonyl (C=O) groups excluding carboxylic acids is 1. The summed E-state index contributed by atoms with van der Waals surface area (Å²) in [5, 5.41) is 16.6. The SMILES string of the molecule is O=C(Nc1cc(-n2cnnn2)ccc1F)[C@H]1CCCNC1. The molecule has 1 atom stereocenters. The van der Waals surface area contributed by atoms with Gasteiger partial charge in [0.05, 0.1) is 17.3 Å². The van der Waals surface area contributed by atoms with Gasteiger partial charge in [0.1, 0.15) is 12.1 Å². The van der Waals surface area contributed by atoms with Gasteiger partial charge >= 0.3 is 0 Å². The summed E-state index contributed by atoms with van der Waals surface area (Å²) in [6.07, 6.45) is 3.17. The van der Waals surface area contributed by atoms with E-state index in [4.69, 9.17) is 0 Å². The van der Waals surface area contributed by atoms with Gasteiger partial charge in [0.25, 0.3) is 0 Å². The van der Waals surface area contributed by atoms with Crippen LogP contribution in [0.5, 0.6) is 0 Å². The van der Waals surface area contributed by atoms with Gasteiger partial charge in [0.15, 0.2) is 0 Å². The molecule has 1 aromatic carbocycles. The molecule has 8 heteroatoms. The smallest absolute Gasteiger partial charge is 0.228 e. The molecule has 1 amide bonds. The first-order valence-corrected chi connectivity index (χ1v) is 6.78. The average molecular weight is 290 g/mol. The summed E-state index contributed by atoms with van der Waals surface area (Å²) < 4.78 is 15.2. The highest BCUT2D eigenvalue weighted by Gasteiger charge is 2.21. The summed E-state index contributed by atoms with van der Waals surface area (Å²) in [7, 11) is 0. The van der Waals surface area contributed by atoms with Crippen molar-refractivity contribution < 1.29 is 9.18 Å². The number of halogens is 1. The molecule has 0 aliphatic carbocycles. The maximum absolute atomic E-state index is 13.8. The first-order valence-electron chi connectivity index (χ1n) is 6.78. The zero-order valence-corrected chi connectivity index (χ0v) is 11.3. The number of aromatic nitrogens is 4. The molecule has 1 aliphatic heterocycles. The van der Waals surface area contributed by atoms with Crippen LogP contribution in [-0.4, -0.2) is 39.2 Å². The second-order valence-corrected chi connectivity index (χ2v) is 4.95. The van der Waals surface area contributed by atoms with Crippen molar-refractivity contribution in [2.45, 2.75) is 12.8 Å². The lowest BCUT2D eigenvalue weighted by Gasteiger charge is -2.22. The fourth-order valence-corrected chi connectivity index (χ4v) is 2.34. The van der Waals surface area contributed by atoms with Crippen LogP contribution in [0.15, 0.2) is 24.5 Å². The number of piperidine rings is 1. The second-order valence-electron chi connectivity index (χ2n) is 4.95. The number of hydrogen-bond acceptors (Lipinski definition) is 5.